The van der Waals surface area contributed by atoms with Crippen molar-refractivity contribution in [3.05, 3.63) is 48.3 Å². The molecule has 0 bridgehead atoms. The number of nitrogens with one attached hydrogen (secondary N) is 1. The minimum atomic E-state index is -0.379. The number of carbonyl (C=O) groups excluding carboxylic acids is 2. The first kappa shape index (κ1) is 15.9. The molecule has 1 saturated heterocycles. The van der Waals surface area contributed by atoms with Gasteiger partial charge in [0.2, 0.25) is 11.8 Å². The van der Waals surface area contributed by atoms with E-state index in [-0.39, 0.29) is 30.2 Å². The van der Waals surface area contributed by atoms with E-state index in [0.29, 0.717) is 6.54 Å². The van der Waals surface area contributed by atoms with Gasteiger partial charge in [-0.1, -0.05) is 18.2 Å². The summed E-state index contributed by atoms with van der Waals surface area (Å²) in [4.78, 5) is 27.2. The average molecular weight is 338 g/mol. The lowest BCUT2D eigenvalue weighted by Crippen LogP contribution is -2.46. The molecule has 0 saturated carbocycles. The van der Waals surface area contributed by atoms with E-state index in [4.69, 9.17) is 0 Å². The van der Waals surface area contributed by atoms with E-state index < -0.39 is 0 Å². The first-order valence-electron chi connectivity index (χ1n) is 8.89. The minimum absolute atomic E-state index is 0.0636. The van der Waals surface area contributed by atoms with Gasteiger partial charge >= 0.3 is 0 Å². The maximum Gasteiger partial charge on any atom is 0.232 e. The van der Waals surface area contributed by atoms with Gasteiger partial charge < -0.3 is 10.2 Å². The minimum Gasteiger partial charge on any atom is -0.338 e. The molecule has 1 fully saturated rings. The molecule has 2 amide bonds. The molecule has 0 aliphatic carbocycles. The lowest BCUT2D eigenvalue weighted by atomic mass is 9.95. The van der Waals surface area contributed by atoms with Crippen LogP contribution < -0.4 is 5.32 Å². The number of nitrogens with zero attached hydrogens (tertiary/aromatic N) is 3. The Balaban J connectivity index is 1.48. The molecule has 0 unspecified atom stereocenters. The first-order valence-corrected chi connectivity index (χ1v) is 8.89. The van der Waals surface area contributed by atoms with Gasteiger partial charge in [-0.25, -0.2) is 0 Å². The number of aromatic nitrogens is 2. The Labute approximate surface area is 146 Å². The molecule has 0 radical (unpaired) electrons. The van der Waals surface area contributed by atoms with E-state index in [1.54, 1.807) is 6.20 Å². The van der Waals surface area contributed by atoms with Gasteiger partial charge in [0.25, 0.3) is 0 Å². The molecule has 6 heteroatoms. The maximum atomic E-state index is 13.0. The van der Waals surface area contributed by atoms with Gasteiger partial charge in [0.05, 0.1) is 18.5 Å². The number of anilines is 1. The molecule has 0 spiro atoms. The highest BCUT2D eigenvalue weighted by Crippen LogP contribution is 2.35. The highest BCUT2D eigenvalue weighted by atomic mass is 16.2. The van der Waals surface area contributed by atoms with Crippen LogP contribution in [0.2, 0.25) is 0 Å². The van der Waals surface area contributed by atoms with Crippen LogP contribution in [0.15, 0.2) is 42.7 Å². The lowest BCUT2D eigenvalue weighted by molar-refractivity contribution is -0.137. The Morgan fingerprint density at radius 3 is 2.96 bits per heavy atom. The molecule has 25 heavy (non-hydrogen) atoms. The van der Waals surface area contributed by atoms with Crippen molar-refractivity contribution in [2.45, 2.75) is 44.2 Å². The number of fused-ring (bicyclic) bond motifs is 1. The third kappa shape index (κ3) is 3.16. The van der Waals surface area contributed by atoms with Gasteiger partial charge in [-0.3, -0.25) is 14.3 Å². The van der Waals surface area contributed by atoms with Crippen molar-refractivity contribution in [2.75, 3.05) is 11.9 Å². The number of benzene rings is 1. The Bertz CT molecular complexity index is 771. The molecule has 2 atom stereocenters. The lowest BCUT2D eigenvalue weighted by Gasteiger charge is -2.36. The van der Waals surface area contributed by atoms with Crippen LogP contribution in [0.5, 0.6) is 0 Å². The number of hydrogen-bond acceptors (Lipinski definition) is 3. The predicted octanol–water partition coefficient (Wildman–Crippen LogP) is 2.39. The first-order chi connectivity index (χ1) is 12.2. The topological polar surface area (TPSA) is 67.2 Å². The van der Waals surface area contributed by atoms with E-state index >= 15 is 0 Å². The zero-order valence-corrected chi connectivity index (χ0v) is 14.1. The van der Waals surface area contributed by atoms with Crippen molar-refractivity contribution < 1.29 is 9.59 Å². The summed E-state index contributed by atoms with van der Waals surface area (Å²) in [5.41, 5.74) is 1.76. The normalized spacial score (nSPS) is 22.6. The Morgan fingerprint density at radius 2 is 2.12 bits per heavy atom. The van der Waals surface area contributed by atoms with Crippen LogP contribution >= 0.6 is 0 Å². The summed E-state index contributed by atoms with van der Waals surface area (Å²) in [5.74, 6) is -0.389. The summed E-state index contributed by atoms with van der Waals surface area (Å²) in [6, 6.07) is 9.68. The van der Waals surface area contributed by atoms with E-state index in [2.05, 4.69) is 10.4 Å². The van der Waals surface area contributed by atoms with Crippen molar-refractivity contribution in [1.82, 2.24) is 14.7 Å². The van der Waals surface area contributed by atoms with Gasteiger partial charge in [0.15, 0.2) is 0 Å². The van der Waals surface area contributed by atoms with Crippen molar-refractivity contribution in [2.24, 2.45) is 0 Å². The quantitative estimate of drug-likeness (QED) is 0.931. The molecule has 2 aliphatic rings. The molecule has 3 heterocycles. The fourth-order valence-electron chi connectivity index (χ4n) is 3.91. The standard InChI is InChI=1S/C19H22N4O2/c24-18(12-16-15-7-1-2-8-17(15)21-19(16)25)23-11-4-3-6-14(23)13-22-10-5-9-20-22/h1-2,5,7-10,14,16H,3-4,6,11-13H2,(H,21,25)/t14-,16+/m1/s1. The number of rotatable bonds is 4. The van der Waals surface area contributed by atoms with E-state index in [0.717, 1.165) is 37.1 Å². The van der Waals surface area contributed by atoms with Crippen LogP contribution in [0.25, 0.3) is 0 Å². The molecule has 1 aromatic carbocycles. The largest absolute Gasteiger partial charge is 0.338 e. The highest BCUT2D eigenvalue weighted by molar-refractivity contribution is 6.04. The predicted molar refractivity (Wildman–Crippen MR) is 94.0 cm³/mol. The van der Waals surface area contributed by atoms with Crippen molar-refractivity contribution >= 4 is 17.5 Å². The molecule has 130 valence electrons. The fraction of sp³-hybridized carbons (Fsp3) is 0.421. The number of piperidine rings is 1. The summed E-state index contributed by atoms with van der Waals surface area (Å²) in [6.07, 6.45) is 7.06. The van der Waals surface area contributed by atoms with E-state index in [1.807, 2.05) is 46.1 Å². The second-order valence-electron chi connectivity index (χ2n) is 6.80. The summed E-state index contributed by atoms with van der Waals surface area (Å²) < 4.78 is 1.88. The zero-order chi connectivity index (χ0) is 17.2. The van der Waals surface area contributed by atoms with Gasteiger partial charge in [0.1, 0.15) is 0 Å². The highest BCUT2D eigenvalue weighted by Gasteiger charge is 2.35. The van der Waals surface area contributed by atoms with Crippen LogP contribution in [0.1, 0.15) is 37.2 Å². The van der Waals surface area contributed by atoms with E-state index in [1.165, 1.54) is 0 Å². The monoisotopic (exact) mass is 338 g/mol. The van der Waals surface area contributed by atoms with Gasteiger partial charge in [0, 0.05) is 31.0 Å². The SMILES string of the molecule is O=C1Nc2ccccc2[C@@H]1CC(=O)N1CCCC[C@@H]1Cn1cccn1. The van der Waals surface area contributed by atoms with Gasteiger partial charge in [-0.05, 0) is 37.0 Å². The molecular weight excluding hydrogens is 316 g/mol. The molecule has 1 aromatic heterocycles. The second-order valence-corrected chi connectivity index (χ2v) is 6.80. The smallest absolute Gasteiger partial charge is 0.232 e. The second kappa shape index (κ2) is 6.70. The van der Waals surface area contributed by atoms with Crippen LogP contribution in [0, 0.1) is 0 Å². The Hall–Kier alpha value is -2.63. The Morgan fingerprint density at radius 1 is 1.24 bits per heavy atom. The van der Waals surface area contributed by atoms with Crippen molar-refractivity contribution in [3.8, 4) is 0 Å². The number of carbonyl (C=O) groups is 2. The number of likely N-dealkylation sites (tertiary alicyclic amines) is 1. The molecule has 2 aromatic rings. The third-order valence-corrected chi connectivity index (χ3v) is 5.19. The maximum absolute atomic E-state index is 13.0. The van der Waals surface area contributed by atoms with Crippen molar-refractivity contribution in [3.63, 3.8) is 0 Å². The number of hydrogen-bond donors (Lipinski definition) is 1. The molecule has 2 aliphatic heterocycles. The third-order valence-electron chi connectivity index (χ3n) is 5.19. The Kier molecular flexibility index (Phi) is 4.26. The molecule has 6 nitrogen and oxygen atoms in total. The fourth-order valence-corrected chi connectivity index (χ4v) is 3.91. The summed E-state index contributed by atoms with van der Waals surface area (Å²) in [6.45, 7) is 1.48. The van der Waals surface area contributed by atoms with Gasteiger partial charge in [-0.15, -0.1) is 0 Å². The molecule has 4 rings (SSSR count). The van der Waals surface area contributed by atoms with E-state index in [9.17, 15) is 9.59 Å². The molecule has 1 N–H and O–H groups in total. The van der Waals surface area contributed by atoms with Gasteiger partial charge in [-0.2, -0.15) is 5.10 Å². The van der Waals surface area contributed by atoms with Crippen molar-refractivity contribution in [1.29, 1.82) is 0 Å². The number of amides is 2. The summed E-state index contributed by atoms with van der Waals surface area (Å²) in [5, 5.41) is 7.14. The number of para-hydroxylation sites is 1. The zero-order valence-electron chi connectivity index (χ0n) is 14.1. The van der Waals surface area contributed by atoms with Crippen LogP contribution in [0.3, 0.4) is 0 Å². The summed E-state index contributed by atoms with van der Waals surface area (Å²) >= 11 is 0. The van der Waals surface area contributed by atoms with Crippen LogP contribution in [-0.4, -0.2) is 39.1 Å². The van der Waals surface area contributed by atoms with Crippen LogP contribution in [0.4, 0.5) is 5.69 Å². The van der Waals surface area contributed by atoms with Crippen LogP contribution in [-0.2, 0) is 16.1 Å². The summed E-state index contributed by atoms with van der Waals surface area (Å²) in [7, 11) is 0. The average Bonchev–Trinajstić information content (AvgIpc) is 3.24. The molecular formula is C19H22N4O2.